The number of amides is 2. The Morgan fingerprint density at radius 3 is 2.30 bits per heavy atom. The van der Waals surface area contributed by atoms with Crippen LogP contribution in [0.15, 0.2) is 42.5 Å². The van der Waals surface area contributed by atoms with E-state index >= 15 is 0 Å². The van der Waals surface area contributed by atoms with Crippen LogP contribution in [0.2, 0.25) is 5.02 Å². The highest BCUT2D eigenvalue weighted by Gasteiger charge is 2.28. The van der Waals surface area contributed by atoms with E-state index in [4.69, 9.17) is 11.6 Å². The highest BCUT2D eigenvalue weighted by Crippen LogP contribution is 2.26. The van der Waals surface area contributed by atoms with Crippen molar-refractivity contribution in [1.29, 1.82) is 0 Å². The molecule has 1 saturated carbocycles. The second-order valence-electron chi connectivity index (χ2n) is 9.56. The van der Waals surface area contributed by atoms with Crippen LogP contribution in [0.3, 0.4) is 0 Å². The normalized spacial score (nSPS) is 19.9. The van der Waals surface area contributed by atoms with Gasteiger partial charge >= 0.3 is 0 Å². The van der Waals surface area contributed by atoms with E-state index in [0.29, 0.717) is 23.7 Å². The van der Waals surface area contributed by atoms with Gasteiger partial charge in [-0.25, -0.2) is 0 Å². The third kappa shape index (κ3) is 4.80. The number of benzene rings is 2. The lowest BCUT2D eigenvalue weighted by Crippen LogP contribution is -2.52. The van der Waals surface area contributed by atoms with Gasteiger partial charge in [-0.2, -0.15) is 0 Å². The molecule has 0 atom stereocenters. The molecule has 0 unspecified atom stereocenters. The van der Waals surface area contributed by atoms with Crippen molar-refractivity contribution in [1.82, 2.24) is 14.7 Å². The average molecular weight is 466 g/mol. The van der Waals surface area contributed by atoms with Gasteiger partial charge in [0.2, 0.25) is 0 Å². The highest BCUT2D eigenvalue weighted by atomic mass is 35.5. The molecule has 2 heterocycles. The van der Waals surface area contributed by atoms with Gasteiger partial charge in [0.05, 0.1) is 10.6 Å². The van der Waals surface area contributed by atoms with E-state index in [1.807, 2.05) is 40.1 Å². The van der Waals surface area contributed by atoms with Gasteiger partial charge in [-0.15, -0.1) is 0 Å². The first-order valence-electron chi connectivity index (χ1n) is 12.3. The minimum Gasteiger partial charge on any atom is -0.336 e. The van der Waals surface area contributed by atoms with Crippen molar-refractivity contribution in [2.24, 2.45) is 0 Å². The summed E-state index contributed by atoms with van der Waals surface area (Å²) in [5, 5.41) is 0.484. The molecule has 33 heavy (non-hydrogen) atoms. The van der Waals surface area contributed by atoms with Crippen molar-refractivity contribution >= 4 is 23.4 Å². The van der Waals surface area contributed by atoms with Crippen molar-refractivity contribution in [2.45, 2.75) is 51.1 Å². The summed E-state index contributed by atoms with van der Waals surface area (Å²) in [4.78, 5) is 32.6. The zero-order chi connectivity index (χ0) is 22.8. The topological polar surface area (TPSA) is 43.9 Å². The molecule has 2 fully saturated rings. The van der Waals surface area contributed by atoms with Crippen LogP contribution in [0.25, 0.3) is 0 Å². The molecule has 3 aliphatic rings. The van der Waals surface area contributed by atoms with Crippen molar-refractivity contribution in [3.8, 4) is 0 Å². The average Bonchev–Trinajstić information content (AvgIpc) is 2.88. The molecule has 6 heteroatoms. The fourth-order valence-electron chi connectivity index (χ4n) is 5.58. The monoisotopic (exact) mass is 465 g/mol. The Labute approximate surface area is 201 Å². The lowest BCUT2D eigenvalue weighted by molar-refractivity contribution is 0.0522. The van der Waals surface area contributed by atoms with Gasteiger partial charge in [0, 0.05) is 50.9 Å². The second kappa shape index (κ2) is 9.86. The third-order valence-electron chi connectivity index (χ3n) is 7.55. The number of carbonyl (C=O) groups is 2. The van der Waals surface area contributed by atoms with Crippen LogP contribution in [0.1, 0.15) is 63.9 Å². The Morgan fingerprint density at radius 1 is 0.788 bits per heavy atom. The van der Waals surface area contributed by atoms with E-state index in [2.05, 4.69) is 4.90 Å². The highest BCUT2D eigenvalue weighted by molar-refractivity contribution is 6.33. The predicted octanol–water partition coefficient (Wildman–Crippen LogP) is 4.63. The van der Waals surface area contributed by atoms with Crippen LogP contribution < -0.4 is 0 Å². The van der Waals surface area contributed by atoms with Crippen LogP contribution in [0.5, 0.6) is 0 Å². The lowest BCUT2D eigenvalue weighted by atomic mass is 9.93. The number of rotatable bonds is 3. The van der Waals surface area contributed by atoms with E-state index in [0.717, 1.165) is 49.8 Å². The number of hydrogen-bond acceptors (Lipinski definition) is 3. The number of carbonyl (C=O) groups excluding carboxylic acids is 2. The molecule has 2 aliphatic heterocycles. The molecule has 2 amide bonds. The van der Waals surface area contributed by atoms with E-state index in [9.17, 15) is 9.59 Å². The third-order valence-corrected chi connectivity index (χ3v) is 7.88. The molecule has 2 aromatic rings. The number of hydrogen-bond donors (Lipinski definition) is 0. The van der Waals surface area contributed by atoms with Crippen LogP contribution in [-0.2, 0) is 13.0 Å². The summed E-state index contributed by atoms with van der Waals surface area (Å²) in [5.74, 6) is 0.0953. The summed E-state index contributed by atoms with van der Waals surface area (Å²) in [5.41, 5.74) is 3.60. The van der Waals surface area contributed by atoms with Gasteiger partial charge in [0.15, 0.2) is 0 Å². The van der Waals surface area contributed by atoms with Crippen LogP contribution in [0, 0.1) is 0 Å². The fraction of sp³-hybridized carbons (Fsp3) is 0.481. The zero-order valence-corrected chi connectivity index (χ0v) is 19.9. The van der Waals surface area contributed by atoms with E-state index in [1.54, 1.807) is 12.1 Å². The van der Waals surface area contributed by atoms with E-state index in [1.165, 1.54) is 37.7 Å². The number of fused-ring (bicyclic) bond motifs is 1. The lowest BCUT2D eigenvalue weighted by Gasteiger charge is -2.40. The van der Waals surface area contributed by atoms with E-state index < -0.39 is 0 Å². The Balaban J connectivity index is 1.21. The fourth-order valence-corrected chi connectivity index (χ4v) is 5.80. The maximum absolute atomic E-state index is 13.2. The molecular formula is C27H32ClN3O2. The van der Waals surface area contributed by atoms with Gasteiger partial charge < -0.3 is 9.80 Å². The van der Waals surface area contributed by atoms with Crippen LogP contribution in [-0.4, -0.2) is 65.3 Å². The zero-order valence-electron chi connectivity index (χ0n) is 19.1. The smallest absolute Gasteiger partial charge is 0.255 e. The first-order valence-corrected chi connectivity index (χ1v) is 12.7. The van der Waals surface area contributed by atoms with Crippen molar-refractivity contribution in [3.63, 3.8) is 0 Å². The summed E-state index contributed by atoms with van der Waals surface area (Å²) >= 11 is 6.23. The summed E-state index contributed by atoms with van der Waals surface area (Å²) in [6.07, 6.45) is 7.45. The minimum absolute atomic E-state index is 0.0396. The summed E-state index contributed by atoms with van der Waals surface area (Å²) < 4.78 is 0. The van der Waals surface area contributed by atoms with Crippen molar-refractivity contribution in [2.75, 3.05) is 32.7 Å². The molecule has 5 nitrogen and oxygen atoms in total. The predicted molar refractivity (Wildman–Crippen MR) is 131 cm³/mol. The van der Waals surface area contributed by atoms with Gasteiger partial charge in [-0.3, -0.25) is 14.5 Å². The molecule has 0 aromatic heterocycles. The maximum atomic E-state index is 13.2. The SMILES string of the molecule is O=C(c1ccc2c(c1)CCN(C(=O)c1ccccc1Cl)C2)N1CCN(C2CCCCC2)CC1. The van der Waals surface area contributed by atoms with Crippen LogP contribution >= 0.6 is 11.6 Å². The van der Waals surface area contributed by atoms with Gasteiger partial charge in [-0.1, -0.05) is 49.1 Å². The second-order valence-corrected chi connectivity index (χ2v) is 9.97. The number of piperazine rings is 1. The standard InChI is InChI=1S/C27H32ClN3O2/c28-25-9-5-4-8-24(25)27(33)31-13-12-20-18-21(10-11-22(20)19-31)26(32)30-16-14-29(15-17-30)23-6-2-1-3-7-23/h4-5,8-11,18,23H,1-3,6-7,12-17,19H2. The van der Waals surface area contributed by atoms with Crippen molar-refractivity contribution in [3.05, 3.63) is 69.7 Å². The first-order chi connectivity index (χ1) is 16.1. The minimum atomic E-state index is -0.0396. The molecule has 1 aliphatic carbocycles. The van der Waals surface area contributed by atoms with Crippen molar-refractivity contribution < 1.29 is 9.59 Å². The molecule has 5 rings (SSSR count). The Morgan fingerprint density at radius 2 is 1.55 bits per heavy atom. The summed E-state index contributed by atoms with van der Waals surface area (Å²) in [7, 11) is 0. The molecule has 1 saturated heterocycles. The molecule has 0 radical (unpaired) electrons. The molecular weight excluding hydrogens is 434 g/mol. The molecule has 2 aromatic carbocycles. The van der Waals surface area contributed by atoms with Gasteiger partial charge in [-0.05, 0) is 54.7 Å². The largest absolute Gasteiger partial charge is 0.336 e. The Hall–Kier alpha value is -2.37. The van der Waals surface area contributed by atoms with E-state index in [-0.39, 0.29) is 11.8 Å². The Bertz CT molecular complexity index is 1030. The summed E-state index contributed by atoms with van der Waals surface area (Å²) in [6, 6.07) is 13.9. The summed E-state index contributed by atoms with van der Waals surface area (Å²) in [6.45, 7) is 4.78. The maximum Gasteiger partial charge on any atom is 0.255 e. The number of halogens is 1. The van der Waals surface area contributed by atoms with Gasteiger partial charge in [0.1, 0.15) is 0 Å². The first kappa shape index (κ1) is 22.4. The van der Waals surface area contributed by atoms with Crippen LogP contribution in [0.4, 0.5) is 0 Å². The molecule has 174 valence electrons. The number of nitrogens with zero attached hydrogens (tertiary/aromatic N) is 3. The molecule has 0 N–H and O–H groups in total. The quantitative estimate of drug-likeness (QED) is 0.663. The van der Waals surface area contributed by atoms with Gasteiger partial charge in [0.25, 0.3) is 11.8 Å². The Kier molecular flexibility index (Phi) is 6.70. The molecule has 0 bridgehead atoms. The molecule has 0 spiro atoms.